The highest BCUT2D eigenvalue weighted by molar-refractivity contribution is 5.89. The van der Waals surface area contributed by atoms with Gasteiger partial charge in [0.15, 0.2) is 0 Å². The van der Waals surface area contributed by atoms with Gasteiger partial charge in [0, 0.05) is 11.6 Å². The number of methoxy groups -OCH3 is 1. The van der Waals surface area contributed by atoms with Crippen molar-refractivity contribution >= 4 is 11.7 Å². The molecule has 2 aromatic carbocycles. The number of aryl methyl sites for hydroxylation is 1. The lowest BCUT2D eigenvalue weighted by Crippen LogP contribution is -2.29. The molecular formula is C25H27NO3. The Bertz CT molecular complexity index is 976. The van der Waals surface area contributed by atoms with E-state index in [1.54, 1.807) is 0 Å². The van der Waals surface area contributed by atoms with Crippen molar-refractivity contribution in [1.29, 1.82) is 0 Å². The van der Waals surface area contributed by atoms with E-state index >= 15 is 0 Å². The van der Waals surface area contributed by atoms with E-state index < -0.39 is 0 Å². The Morgan fingerprint density at radius 3 is 2.76 bits per heavy atom. The average molecular weight is 389 g/mol. The van der Waals surface area contributed by atoms with Crippen LogP contribution in [-0.2, 0) is 4.74 Å². The van der Waals surface area contributed by atoms with Crippen molar-refractivity contribution in [3.05, 3.63) is 70.8 Å². The molecule has 0 radical (unpaired) electrons. The van der Waals surface area contributed by atoms with Crippen molar-refractivity contribution in [3.63, 3.8) is 0 Å². The Hall–Kier alpha value is -2.75. The highest BCUT2D eigenvalue weighted by Gasteiger charge is 2.38. The molecule has 4 heteroatoms. The van der Waals surface area contributed by atoms with Gasteiger partial charge in [0.05, 0.1) is 25.3 Å². The molecule has 1 saturated carbocycles. The molecule has 1 heterocycles. The molecule has 150 valence electrons. The highest BCUT2D eigenvalue weighted by atomic mass is 16.5. The van der Waals surface area contributed by atoms with Crippen LogP contribution in [0.25, 0.3) is 0 Å². The number of carbonyl (C=O) groups excluding carboxylic acids is 1. The summed E-state index contributed by atoms with van der Waals surface area (Å²) in [6, 6.07) is 12.6. The van der Waals surface area contributed by atoms with Gasteiger partial charge in [0.1, 0.15) is 5.75 Å². The van der Waals surface area contributed by atoms with Crippen LogP contribution in [0.5, 0.6) is 5.75 Å². The molecule has 3 aliphatic rings. The van der Waals surface area contributed by atoms with Crippen LogP contribution in [0.4, 0.5) is 5.69 Å². The summed E-state index contributed by atoms with van der Waals surface area (Å²) >= 11 is 0. The van der Waals surface area contributed by atoms with Gasteiger partial charge in [-0.3, -0.25) is 0 Å². The molecule has 3 unspecified atom stereocenters. The van der Waals surface area contributed by atoms with Crippen molar-refractivity contribution in [2.24, 2.45) is 11.8 Å². The Kier molecular flexibility index (Phi) is 4.57. The van der Waals surface area contributed by atoms with Crippen molar-refractivity contribution in [2.45, 2.75) is 38.1 Å². The molecular weight excluding hydrogens is 362 g/mol. The van der Waals surface area contributed by atoms with Crippen LogP contribution in [0.3, 0.4) is 0 Å². The predicted molar refractivity (Wildman–Crippen MR) is 114 cm³/mol. The number of esters is 1. The smallest absolute Gasteiger partial charge is 0.337 e. The zero-order chi connectivity index (χ0) is 20.0. The monoisotopic (exact) mass is 389 g/mol. The molecule has 2 aliphatic carbocycles. The fourth-order valence-corrected chi connectivity index (χ4v) is 4.74. The zero-order valence-electron chi connectivity index (χ0n) is 17.0. The van der Waals surface area contributed by atoms with Gasteiger partial charge < -0.3 is 14.8 Å². The molecule has 0 spiro atoms. The number of anilines is 1. The molecule has 0 amide bonds. The average Bonchev–Trinajstić information content (AvgIpc) is 3.44. The van der Waals surface area contributed by atoms with E-state index in [-0.39, 0.29) is 12.0 Å². The maximum atomic E-state index is 11.9. The van der Waals surface area contributed by atoms with Gasteiger partial charge in [-0.2, -0.15) is 0 Å². The number of allylic oxidation sites excluding steroid dienone is 2. The Morgan fingerprint density at radius 1 is 1.14 bits per heavy atom. The topological polar surface area (TPSA) is 47.6 Å². The summed E-state index contributed by atoms with van der Waals surface area (Å²) in [5, 5.41) is 3.78. The van der Waals surface area contributed by atoms with Crippen molar-refractivity contribution < 1.29 is 14.3 Å². The standard InChI is InChI=1S/C25H27NO3/c1-15-12-17(25(27)28-2)8-10-19(15)24-21-5-3-4-20(21)22-13-18(9-11-23(22)26-24)29-14-16-6-7-16/h3-4,8-13,16,20-21,24,26H,5-7,14H2,1-2H3. The van der Waals surface area contributed by atoms with Gasteiger partial charge in [0.2, 0.25) is 0 Å². The van der Waals surface area contributed by atoms with Gasteiger partial charge in [-0.25, -0.2) is 4.79 Å². The second kappa shape index (κ2) is 7.25. The molecule has 2 aromatic rings. The van der Waals surface area contributed by atoms with E-state index in [4.69, 9.17) is 9.47 Å². The second-order valence-corrected chi connectivity index (χ2v) is 8.54. The van der Waals surface area contributed by atoms with Crippen LogP contribution in [0.1, 0.15) is 58.3 Å². The minimum atomic E-state index is -0.291. The second-order valence-electron chi connectivity index (χ2n) is 8.54. The zero-order valence-corrected chi connectivity index (χ0v) is 17.0. The Morgan fingerprint density at radius 2 is 2.00 bits per heavy atom. The maximum Gasteiger partial charge on any atom is 0.337 e. The fraction of sp³-hybridized carbons (Fsp3) is 0.400. The first-order valence-corrected chi connectivity index (χ1v) is 10.5. The summed E-state index contributed by atoms with van der Waals surface area (Å²) in [5.74, 6) is 2.29. The Labute approximate surface area is 171 Å². The number of hydrogen-bond donors (Lipinski definition) is 1. The molecule has 1 fully saturated rings. The summed E-state index contributed by atoms with van der Waals surface area (Å²) in [6.07, 6.45) is 8.30. The van der Waals surface area contributed by atoms with Gasteiger partial charge in [-0.05, 0) is 85.0 Å². The van der Waals surface area contributed by atoms with Crippen molar-refractivity contribution in [2.75, 3.05) is 19.0 Å². The molecule has 0 bridgehead atoms. The molecule has 29 heavy (non-hydrogen) atoms. The van der Waals surface area contributed by atoms with Gasteiger partial charge in [-0.1, -0.05) is 18.2 Å². The number of rotatable bonds is 5. The Balaban J connectivity index is 1.44. The van der Waals surface area contributed by atoms with Crippen LogP contribution in [0, 0.1) is 18.8 Å². The largest absolute Gasteiger partial charge is 0.493 e. The molecule has 4 nitrogen and oxygen atoms in total. The molecule has 1 N–H and O–H groups in total. The van der Waals surface area contributed by atoms with E-state index in [1.807, 2.05) is 12.1 Å². The third kappa shape index (κ3) is 3.41. The van der Waals surface area contributed by atoms with Gasteiger partial charge >= 0.3 is 5.97 Å². The maximum absolute atomic E-state index is 11.9. The highest BCUT2D eigenvalue weighted by Crippen LogP contribution is 2.51. The van der Waals surface area contributed by atoms with Crippen LogP contribution < -0.4 is 10.1 Å². The minimum Gasteiger partial charge on any atom is -0.493 e. The van der Waals surface area contributed by atoms with Crippen LogP contribution in [-0.4, -0.2) is 19.7 Å². The van der Waals surface area contributed by atoms with E-state index in [0.717, 1.165) is 30.3 Å². The summed E-state index contributed by atoms with van der Waals surface area (Å²) in [5.41, 5.74) is 5.47. The molecule has 0 aromatic heterocycles. The first-order chi connectivity index (χ1) is 14.1. The van der Waals surface area contributed by atoms with E-state index in [9.17, 15) is 4.79 Å². The quantitative estimate of drug-likeness (QED) is 0.550. The number of ether oxygens (including phenoxy) is 2. The number of nitrogens with one attached hydrogen (secondary N) is 1. The minimum absolute atomic E-state index is 0.215. The lowest BCUT2D eigenvalue weighted by atomic mass is 9.76. The molecule has 0 saturated heterocycles. The summed E-state index contributed by atoms with van der Waals surface area (Å²) in [6.45, 7) is 2.91. The number of carbonyl (C=O) groups is 1. The third-order valence-electron chi connectivity index (χ3n) is 6.54. The van der Waals surface area contributed by atoms with Crippen molar-refractivity contribution in [3.8, 4) is 5.75 Å². The lowest BCUT2D eigenvalue weighted by molar-refractivity contribution is 0.0600. The summed E-state index contributed by atoms with van der Waals surface area (Å²) < 4.78 is 10.9. The predicted octanol–water partition coefficient (Wildman–Crippen LogP) is 5.40. The van der Waals surface area contributed by atoms with E-state index in [1.165, 1.54) is 36.8 Å². The van der Waals surface area contributed by atoms with Gasteiger partial charge in [0.25, 0.3) is 0 Å². The summed E-state index contributed by atoms with van der Waals surface area (Å²) in [4.78, 5) is 11.9. The molecule has 1 aliphatic heterocycles. The lowest BCUT2D eigenvalue weighted by Gasteiger charge is -2.38. The fourth-order valence-electron chi connectivity index (χ4n) is 4.74. The summed E-state index contributed by atoms with van der Waals surface area (Å²) in [7, 11) is 1.42. The number of benzene rings is 2. The van der Waals surface area contributed by atoms with Gasteiger partial charge in [-0.15, -0.1) is 0 Å². The molecule has 3 atom stereocenters. The number of hydrogen-bond acceptors (Lipinski definition) is 4. The first-order valence-electron chi connectivity index (χ1n) is 10.5. The van der Waals surface area contributed by atoms with Crippen LogP contribution >= 0.6 is 0 Å². The first kappa shape index (κ1) is 18.3. The third-order valence-corrected chi connectivity index (χ3v) is 6.54. The van der Waals surface area contributed by atoms with E-state index in [0.29, 0.717) is 17.4 Å². The molecule has 5 rings (SSSR count). The number of fused-ring (bicyclic) bond motifs is 3. The normalized spacial score (nSPS) is 24.4. The van der Waals surface area contributed by atoms with Crippen LogP contribution in [0.15, 0.2) is 48.6 Å². The van der Waals surface area contributed by atoms with Crippen LogP contribution in [0.2, 0.25) is 0 Å². The van der Waals surface area contributed by atoms with E-state index in [2.05, 4.69) is 48.7 Å². The SMILES string of the molecule is COC(=O)c1ccc(C2Nc3ccc(OCC4CC4)cc3C3C=CCC32)c(C)c1. The van der Waals surface area contributed by atoms with Crippen molar-refractivity contribution in [1.82, 2.24) is 0 Å².